The number of rotatable bonds is 8. The third-order valence-corrected chi connectivity index (χ3v) is 2.13. The average molecular weight is 172 g/mol. The Morgan fingerprint density at radius 2 is 1.33 bits per heavy atom. The van der Waals surface area contributed by atoms with E-state index in [1.807, 2.05) is 0 Å². The summed E-state index contributed by atoms with van der Waals surface area (Å²) in [6.07, 6.45) is 2.61. The zero-order valence-electron chi connectivity index (χ0n) is 8.82. The van der Waals surface area contributed by atoms with Crippen LogP contribution in [-0.2, 0) is 0 Å². The standard InChI is InChI=1S/C10H24N2/c1-4-11-8-6-10(3)7-9-12-5-2/h10-12H,4-9H2,1-3H3. The number of nitrogens with one attached hydrogen (secondary N) is 2. The van der Waals surface area contributed by atoms with Crippen LogP contribution in [0, 0.1) is 5.92 Å². The first-order chi connectivity index (χ1) is 5.81. The molecule has 0 aliphatic heterocycles. The molecule has 0 saturated carbocycles. The second-order valence-electron chi connectivity index (χ2n) is 3.39. The molecule has 0 aromatic carbocycles. The van der Waals surface area contributed by atoms with E-state index in [1.165, 1.54) is 25.9 Å². The van der Waals surface area contributed by atoms with E-state index in [0.717, 1.165) is 19.0 Å². The molecular weight excluding hydrogens is 148 g/mol. The SMILES string of the molecule is CCNCCC(C)CCNCC. The van der Waals surface area contributed by atoms with Crippen molar-refractivity contribution < 1.29 is 0 Å². The molecule has 0 aliphatic carbocycles. The van der Waals surface area contributed by atoms with Gasteiger partial charge in [0.1, 0.15) is 0 Å². The monoisotopic (exact) mass is 172 g/mol. The van der Waals surface area contributed by atoms with Crippen molar-refractivity contribution in [3.63, 3.8) is 0 Å². The van der Waals surface area contributed by atoms with Crippen molar-refractivity contribution in [1.29, 1.82) is 0 Å². The smallest absolute Gasteiger partial charge is 0.00465 e. The minimum absolute atomic E-state index is 0.850. The average Bonchev–Trinajstić information content (AvgIpc) is 2.06. The third kappa shape index (κ3) is 8.02. The van der Waals surface area contributed by atoms with Gasteiger partial charge in [0, 0.05) is 0 Å². The van der Waals surface area contributed by atoms with Crippen LogP contribution in [0.15, 0.2) is 0 Å². The fraction of sp³-hybridized carbons (Fsp3) is 1.00. The van der Waals surface area contributed by atoms with Crippen molar-refractivity contribution >= 4 is 0 Å². The van der Waals surface area contributed by atoms with E-state index in [9.17, 15) is 0 Å². The van der Waals surface area contributed by atoms with Gasteiger partial charge in [-0.3, -0.25) is 0 Å². The Labute approximate surface area is 77.1 Å². The first kappa shape index (κ1) is 11.9. The Hall–Kier alpha value is -0.0800. The molecule has 2 heteroatoms. The van der Waals surface area contributed by atoms with Gasteiger partial charge in [-0.05, 0) is 44.9 Å². The fourth-order valence-corrected chi connectivity index (χ4v) is 1.19. The van der Waals surface area contributed by atoms with Crippen LogP contribution in [0.4, 0.5) is 0 Å². The molecule has 0 heterocycles. The van der Waals surface area contributed by atoms with Crippen LogP contribution in [0.3, 0.4) is 0 Å². The summed E-state index contributed by atoms with van der Waals surface area (Å²) in [7, 11) is 0. The van der Waals surface area contributed by atoms with Crippen molar-refractivity contribution in [1.82, 2.24) is 10.6 Å². The van der Waals surface area contributed by atoms with Gasteiger partial charge in [0.15, 0.2) is 0 Å². The second kappa shape index (κ2) is 9.01. The van der Waals surface area contributed by atoms with Gasteiger partial charge in [0.25, 0.3) is 0 Å². The Bertz CT molecular complexity index is 73.9. The largest absolute Gasteiger partial charge is 0.317 e. The van der Waals surface area contributed by atoms with E-state index in [0.29, 0.717) is 0 Å². The Balaban J connectivity index is 3.04. The molecule has 2 nitrogen and oxygen atoms in total. The maximum Gasteiger partial charge on any atom is -0.00465 e. The summed E-state index contributed by atoms with van der Waals surface area (Å²) in [6.45, 7) is 11.2. The van der Waals surface area contributed by atoms with E-state index >= 15 is 0 Å². The molecule has 0 saturated heterocycles. The summed E-state index contributed by atoms with van der Waals surface area (Å²) in [4.78, 5) is 0. The lowest BCUT2D eigenvalue weighted by molar-refractivity contribution is 0.460. The highest BCUT2D eigenvalue weighted by molar-refractivity contribution is 4.57. The predicted octanol–water partition coefficient (Wildman–Crippen LogP) is 1.62. The summed E-state index contributed by atoms with van der Waals surface area (Å²) in [5.41, 5.74) is 0. The highest BCUT2D eigenvalue weighted by atomic mass is 14.8. The lowest BCUT2D eigenvalue weighted by Crippen LogP contribution is -2.20. The maximum atomic E-state index is 3.35. The normalized spacial score (nSPS) is 11.0. The lowest BCUT2D eigenvalue weighted by atomic mass is 10.0. The molecule has 0 unspecified atom stereocenters. The summed E-state index contributed by atoms with van der Waals surface area (Å²) in [5.74, 6) is 0.850. The van der Waals surface area contributed by atoms with E-state index < -0.39 is 0 Å². The fourth-order valence-electron chi connectivity index (χ4n) is 1.19. The van der Waals surface area contributed by atoms with Crippen molar-refractivity contribution in [2.24, 2.45) is 5.92 Å². The molecule has 0 rings (SSSR count). The second-order valence-corrected chi connectivity index (χ2v) is 3.39. The highest BCUT2D eigenvalue weighted by Crippen LogP contribution is 2.04. The molecule has 0 bridgehead atoms. The topological polar surface area (TPSA) is 24.1 Å². The van der Waals surface area contributed by atoms with E-state index in [1.54, 1.807) is 0 Å². The molecular formula is C10H24N2. The zero-order valence-corrected chi connectivity index (χ0v) is 8.82. The van der Waals surface area contributed by atoms with E-state index in [4.69, 9.17) is 0 Å². The molecule has 0 aromatic heterocycles. The Kier molecular flexibility index (Phi) is 8.95. The quantitative estimate of drug-likeness (QED) is 0.544. The molecule has 0 aromatic rings. The highest BCUT2D eigenvalue weighted by Gasteiger charge is 1.99. The third-order valence-electron chi connectivity index (χ3n) is 2.13. The molecule has 0 amide bonds. The summed E-state index contributed by atoms with van der Waals surface area (Å²) >= 11 is 0. The van der Waals surface area contributed by atoms with Crippen LogP contribution in [0.1, 0.15) is 33.6 Å². The molecule has 2 N–H and O–H groups in total. The lowest BCUT2D eigenvalue weighted by Gasteiger charge is -2.11. The molecule has 0 atom stereocenters. The number of hydrogen-bond donors (Lipinski definition) is 2. The Morgan fingerprint density at radius 1 is 0.917 bits per heavy atom. The van der Waals surface area contributed by atoms with Gasteiger partial charge >= 0.3 is 0 Å². The van der Waals surface area contributed by atoms with Crippen LogP contribution >= 0.6 is 0 Å². The van der Waals surface area contributed by atoms with Gasteiger partial charge in [-0.15, -0.1) is 0 Å². The minimum Gasteiger partial charge on any atom is -0.317 e. The van der Waals surface area contributed by atoms with Crippen LogP contribution in [-0.4, -0.2) is 26.2 Å². The molecule has 0 aliphatic rings. The zero-order chi connectivity index (χ0) is 9.23. The van der Waals surface area contributed by atoms with Gasteiger partial charge in [0.2, 0.25) is 0 Å². The van der Waals surface area contributed by atoms with Crippen LogP contribution in [0.5, 0.6) is 0 Å². The van der Waals surface area contributed by atoms with Crippen LogP contribution in [0.25, 0.3) is 0 Å². The van der Waals surface area contributed by atoms with Gasteiger partial charge in [-0.2, -0.15) is 0 Å². The van der Waals surface area contributed by atoms with Crippen molar-refractivity contribution in [2.45, 2.75) is 33.6 Å². The molecule has 0 radical (unpaired) electrons. The van der Waals surface area contributed by atoms with Crippen LogP contribution in [0.2, 0.25) is 0 Å². The number of hydrogen-bond acceptors (Lipinski definition) is 2. The van der Waals surface area contributed by atoms with Gasteiger partial charge in [-0.1, -0.05) is 20.8 Å². The summed E-state index contributed by atoms with van der Waals surface area (Å²) < 4.78 is 0. The van der Waals surface area contributed by atoms with Crippen molar-refractivity contribution in [3.8, 4) is 0 Å². The molecule has 0 fully saturated rings. The van der Waals surface area contributed by atoms with Crippen molar-refractivity contribution in [2.75, 3.05) is 26.2 Å². The van der Waals surface area contributed by atoms with Gasteiger partial charge < -0.3 is 10.6 Å². The van der Waals surface area contributed by atoms with Crippen molar-refractivity contribution in [3.05, 3.63) is 0 Å². The molecule has 12 heavy (non-hydrogen) atoms. The minimum atomic E-state index is 0.850. The van der Waals surface area contributed by atoms with E-state index in [-0.39, 0.29) is 0 Å². The van der Waals surface area contributed by atoms with E-state index in [2.05, 4.69) is 31.4 Å². The Morgan fingerprint density at radius 3 is 1.67 bits per heavy atom. The van der Waals surface area contributed by atoms with Gasteiger partial charge in [-0.25, -0.2) is 0 Å². The van der Waals surface area contributed by atoms with Gasteiger partial charge in [0.05, 0.1) is 0 Å². The van der Waals surface area contributed by atoms with Crippen LogP contribution < -0.4 is 10.6 Å². The molecule has 74 valence electrons. The molecule has 0 spiro atoms. The first-order valence-electron chi connectivity index (χ1n) is 5.22. The predicted molar refractivity (Wildman–Crippen MR) is 55.5 cm³/mol. The summed E-state index contributed by atoms with van der Waals surface area (Å²) in [5, 5.41) is 6.70. The first-order valence-corrected chi connectivity index (χ1v) is 5.22. The summed E-state index contributed by atoms with van der Waals surface area (Å²) in [6, 6.07) is 0. The maximum absolute atomic E-state index is 3.35.